The summed E-state index contributed by atoms with van der Waals surface area (Å²) < 4.78 is 0. The summed E-state index contributed by atoms with van der Waals surface area (Å²) in [5.41, 5.74) is 2.42. The molecule has 3 rings (SSSR count). The maximum absolute atomic E-state index is 4.68. The fraction of sp³-hybridized carbons (Fsp3) is 0.412. The summed E-state index contributed by atoms with van der Waals surface area (Å²) >= 11 is 0. The number of para-hydroxylation sites is 1. The second-order valence-electron chi connectivity index (χ2n) is 5.89. The van der Waals surface area contributed by atoms with E-state index in [2.05, 4.69) is 58.7 Å². The van der Waals surface area contributed by atoms with E-state index in [1.54, 1.807) is 0 Å². The normalized spacial score (nSPS) is 14.3. The summed E-state index contributed by atoms with van der Waals surface area (Å²) in [4.78, 5) is 9.23. The number of hydrogen-bond donors (Lipinski definition) is 2. The van der Waals surface area contributed by atoms with Gasteiger partial charge in [0.25, 0.3) is 0 Å². The van der Waals surface area contributed by atoms with Gasteiger partial charge in [-0.2, -0.15) is 0 Å². The van der Waals surface area contributed by atoms with Crippen LogP contribution in [0.3, 0.4) is 0 Å². The van der Waals surface area contributed by atoms with Crippen molar-refractivity contribution in [2.45, 2.75) is 38.5 Å². The van der Waals surface area contributed by atoms with Crippen LogP contribution in [0, 0.1) is 0 Å². The maximum Gasteiger partial charge on any atom is 0.136 e. The van der Waals surface area contributed by atoms with Gasteiger partial charge in [0.1, 0.15) is 17.5 Å². The van der Waals surface area contributed by atoms with Crippen LogP contribution in [-0.2, 0) is 0 Å². The molecule has 1 aromatic carbocycles. The van der Waals surface area contributed by atoms with E-state index in [4.69, 9.17) is 0 Å². The van der Waals surface area contributed by atoms with Crippen LogP contribution in [0.25, 0.3) is 0 Å². The third-order valence-corrected chi connectivity index (χ3v) is 3.79. The lowest BCUT2D eigenvalue weighted by Crippen LogP contribution is -2.04. The van der Waals surface area contributed by atoms with Crippen molar-refractivity contribution < 1.29 is 0 Å². The molecule has 0 amide bonds. The van der Waals surface area contributed by atoms with Gasteiger partial charge in [0, 0.05) is 24.7 Å². The zero-order chi connectivity index (χ0) is 14.8. The third kappa shape index (κ3) is 3.15. The smallest absolute Gasteiger partial charge is 0.136 e. The van der Waals surface area contributed by atoms with Gasteiger partial charge >= 0.3 is 0 Å². The Labute approximate surface area is 126 Å². The largest absolute Gasteiger partial charge is 0.373 e. The first-order valence-electron chi connectivity index (χ1n) is 7.60. The molecule has 1 aliphatic carbocycles. The maximum atomic E-state index is 4.68. The van der Waals surface area contributed by atoms with E-state index in [9.17, 15) is 0 Å². The number of hydrogen-bond acceptors (Lipinski definition) is 4. The molecule has 2 N–H and O–H groups in total. The quantitative estimate of drug-likeness (QED) is 0.860. The van der Waals surface area contributed by atoms with Crippen LogP contribution in [0.5, 0.6) is 0 Å². The number of anilines is 3. The van der Waals surface area contributed by atoms with Gasteiger partial charge in [-0.05, 0) is 30.4 Å². The molecule has 0 spiro atoms. The second kappa shape index (κ2) is 5.72. The Hall–Kier alpha value is -2.10. The van der Waals surface area contributed by atoms with Crippen molar-refractivity contribution in [2.75, 3.05) is 17.7 Å². The minimum absolute atomic E-state index is 0.474. The molecule has 0 unspecified atom stereocenters. The summed E-state index contributed by atoms with van der Waals surface area (Å²) in [6.45, 7) is 4.41. The Kier molecular flexibility index (Phi) is 3.78. The first-order valence-corrected chi connectivity index (χ1v) is 7.60. The Balaban J connectivity index is 1.92. The van der Waals surface area contributed by atoms with Crippen molar-refractivity contribution >= 4 is 17.3 Å². The van der Waals surface area contributed by atoms with Crippen molar-refractivity contribution in [3.8, 4) is 0 Å². The summed E-state index contributed by atoms with van der Waals surface area (Å²) in [5, 5.41) is 6.58. The summed E-state index contributed by atoms with van der Waals surface area (Å²) in [7, 11) is 1.89. The lowest BCUT2D eigenvalue weighted by atomic mass is 10.0. The molecule has 0 radical (unpaired) electrons. The predicted molar refractivity (Wildman–Crippen MR) is 87.4 cm³/mol. The van der Waals surface area contributed by atoms with E-state index in [1.807, 2.05) is 13.1 Å². The average molecular weight is 282 g/mol. The lowest BCUT2D eigenvalue weighted by molar-refractivity contribution is 0.868. The van der Waals surface area contributed by atoms with E-state index in [0.29, 0.717) is 11.8 Å². The fourth-order valence-electron chi connectivity index (χ4n) is 2.43. The van der Waals surface area contributed by atoms with Gasteiger partial charge in [-0.1, -0.05) is 32.0 Å². The van der Waals surface area contributed by atoms with Crippen molar-refractivity contribution in [1.82, 2.24) is 9.97 Å². The standard InChI is InChI=1S/C17H22N4/c1-11(2)13-6-4-5-7-14(13)19-16-10-15(18-3)20-17(21-16)12-8-9-12/h4-7,10-12H,8-9H2,1-3H3,(H2,18,19,20,21). The highest BCUT2D eigenvalue weighted by atomic mass is 15.1. The molecular weight excluding hydrogens is 260 g/mol. The van der Waals surface area contributed by atoms with Crippen LogP contribution >= 0.6 is 0 Å². The molecule has 1 heterocycles. The van der Waals surface area contributed by atoms with Crippen molar-refractivity contribution in [2.24, 2.45) is 0 Å². The van der Waals surface area contributed by atoms with Gasteiger partial charge in [-0.25, -0.2) is 9.97 Å². The van der Waals surface area contributed by atoms with E-state index < -0.39 is 0 Å². The molecule has 110 valence electrons. The van der Waals surface area contributed by atoms with Gasteiger partial charge in [-0.15, -0.1) is 0 Å². The minimum Gasteiger partial charge on any atom is -0.373 e. The van der Waals surface area contributed by atoms with Crippen molar-refractivity contribution in [3.05, 3.63) is 41.7 Å². The topological polar surface area (TPSA) is 49.8 Å². The molecule has 1 aromatic heterocycles. The highest BCUT2D eigenvalue weighted by Crippen LogP contribution is 2.39. The zero-order valence-electron chi connectivity index (χ0n) is 12.9. The highest BCUT2D eigenvalue weighted by Gasteiger charge is 2.27. The number of nitrogens with one attached hydrogen (secondary N) is 2. The first kappa shape index (κ1) is 13.9. The molecule has 4 heteroatoms. The molecule has 1 saturated carbocycles. The van der Waals surface area contributed by atoms with Crippen LogP contribution in [0.1, 0.15) is 49.9 Å². The van der Waals surface area contributed by atoms with Gasteiger partial charge in [0.2, 0.25) is 0 Å². The summed E-state index contributed by atoms with van der Waals surface area (Å²) in [6, 6.07) is 10.4. The minimum atomic E-state index is 0.474. The Morgan fingerprint density at radius 1 is 1.10 bits per heavy atom. The molecule has 0 saturated heterocycles. The number of benzene rings is 1. The number of nitrogens with zero attached hydrogens (tertiary/aromatic N) is 2. The molecule has 0 aliphatic heterocycles. The molecule has 1 aliphatic rings. The first-order chi connectivity index (χ1) is 10.2. The van der Waals surface area contributed by atoms with Crippen LogP contribution in [-0.4, -0.2) is 17.0 Å². The molecule has 4 nitrogen and oxygen atoms in total. The molecule has 2 aromatic rings. The number of aromatic nitrogens is 2. The average Bonchev–Trinajstić information content (AvgIpc) is 3.32. The van der Waals surface area contributed by atoms with Crippen molar-refractivity contribution in [3.63, 3.8) is 0 Å². The van der Waals surface area contributed by atoms with Crippen molar-refractivity contribution in [1.29, 1.82) is 0 Å². The highest BCUT2D eigenvalue weighted by molar-refractivity contribution is 5.63. The second-order valence-corrected chi connectivity index (χ2v) is 5.89. The van der Waals surface area contributed by atoms with Crippen LogP contribution in [0.15, 0.2) is 30.3 Å². The third-order valence-electron chi connectivity index (χ3n) is 3.79. The molecular formula is C17H22N4. The Morgan fingerprint density at radius 3 is 2.48 bits per heavy atom. The van der Waals surface area contributed by atoms with Gasteiger partial charge in [0.05, 0.1) is 0 Å². The van der Waals surface area contributed by atoms with Gasteiger partial charge in [-0.3, -0.25) is 0 Å². The van der Waals surface area contributed by atoms with Gasteiger partial charge in [0.15, 0.2) is 0 Å². The lowest BCUT2D eigenvalue weighted by Gasteiger charge is -2.15. The molecule has 0 atom stereocenters. The molecule has 1 fully saturated rings. The van der Waals surface area contributed by atoms with E-state index in [0.717, 1.165) is 23.1 Å². The van der Waals surface area contributed by atoms with Gasteiger partial charge < -0.3 is 10.6 Å². The van der Waals surface area contributed by atoms with E-state index in [-0.39, 0.29) is 0 Å². The van der Waals surface area contributed by atoms with Crippen LogP contribution in [0.4, 0.5) is 17.3 Å². The predicted octanol–water partition coefficient (Wildman–Crippen LogP) is 4.26. The summed E-state index contributed by atoms with van der Waals surface area (Å²) in [6.07, 6.45) is 2.41. The van der Waals surface area contributed by atoms with E-state index in [1.165, 1.54) is 18.4 Å². The Bertz CT molecular complexity index is 632. The number of rotatable bonds is 5. The van der Waals surface area contributed by atoms with E-state index >= 15 is 0 Å². The Morgan fingerprint density at radius 2 is 1.81 bits per heavy atom. The molecule has 21 heavy (non-hydrogen) atoms. The van der Waals surface area contributed by atoms with Crippen LogP contribution in [0.2, 0.25) is 0 Å². The zero-order valence-corrected chi connectivity index (χ0v) is 12.9. The SMILES string of the molecule is CNc1cc(Nc2ccccc2C(C)C)nc(C2CC2)n1. The molecule has 0 bridgehead atoms. The fourth-order valence-corrected chi connectivity index (χ4v) is 2.43. The summed E-state index contributed by atoms with van der Waals surface area (Å²) in [5.74, 6) is 3.70. The van der Waals surface area contributed by atoms with Crippen LogP contribution < -0.4 is 10.6 Å². The monoisotopic (exact) mass is 282 g/mol.